The van der Waals surface area contributed by atoms with Gasteiger partial charge in [-0.2, -0.15) is 0 Å². The molecule has 0 radical (unpaired) electrons. The number of nitrogens with one attached hydrogen (secondary N) is 1. The summed E-state index contributed by atoms with van der Waals surface area (Å²) in [7, 11) is 1.70. The Labute approximate surface area is 62.6 Å². The summed E-state index contributed by atoms with van der Waals surface area (Å²) in [5, 5.41) is 6.89. The van der Waals surface area contributed by atoms with E-state index < -0.39 is 0 Å². The third-order valence-corrected chi connectivity index (χ3v) is 2.02. The maximum absolute atomic E-state index is 10.7. The predicted molar refractivity (Wildman–Crippen MR) is 40.2 cm³/mol. The molecule has 1 heterocycles. The number of rotatable bonds is 2. The Morgan fingerprint density at radius 3 is 2.90 bits per heavy atom. The third-order valence-electron chi connectivity index (χ3n) is 1.11. The van der Waals surface area contributed by atoms with Crippen molar-refractivity contribution in [1.29, 1.82) is 0 Å². The first-order chi connectivity index (χ1) is 4.75. The van der Waals surface area contributed by atoms with Gasteiger partial charge in [-0.1, -0.05) is 18.7 Å². The molecular weight excluding hydrogens is 150 g/mol. The van der Waals surface area contributed by atoms with Crippen molar-refractivity contribution in [2.24, 2.45) is 7.05 Å². The second-order valence-corrected chi connectivity index (χ2v) is 3.03. The minimum atomic E-state index is -0.157. The van der Waals surface area contributed by atoms with Gasteiger partial charge in [-0.25, -0.2) is 9.89 Å². The standard InChI is InChI=1S/C5H9N3OS/c1-3-10-5-7-6-4(9)8(5)2/h3H2,1-2H3,(H,6,9). The van der Waals surface area contributed by atoms with Crippen molar-refractivity contribution in [3.63, 3.8) is 0 Å². The van der Waals surface area contributed by atoms with Crippen molar-refractivity contribution in [1.82, 2.24) is 14.8 Å². The van der Waals surface area contributed by atoms with E-state index in [2.05, 4.69) is 10.2 Å². The number of aromatic nitrogens is 3. The van der Waals surface area contributed by atoms with E-state index in [-0.39, 0.29) is 5.69 Å². The monoisotopic (exact) mass is 159 g/mol. The molecule has 0 aliphatic carbocycles. The first-order valence-corrected chi connectivity index (χ1v) is 3.98. The van der Waals surface area contributed by atoms with Gasteiger partial charge in [-0.05, 0) is 5.75 Å². The Morgan fingerprint density at radius 2 is 2.50 bits per heavy atom. The molecule has 56 valence electrons. The zero-order chi connectivity index (χ0) is 7.56. The van der Waals surface area contributed by atoms with E-state index in [1.807, 2.05) is 6.92 Å². The van der Waals surface area contributed by atoms with Gasteiger partial charge in [0.15, 0.2) is 5.16 Å². The van der Waals surface area contributed by atoms with Crippen molar-refractivity contribution < 1.29 is 0 Å². The third kappa shape index (κ3) is 1.23. The molecule has 0 aromatic carbocycles. The van der Waals surface area contributed by atoms with Crippen molar-refractivity contribution in [3.05, 3.63) is 10.5 Å². The summed E-state index contributed by atoms with van der Waals surface area (Å²) in [5.74, 6) is 0.929. The van der Waals surface area contributed by atoms with Gasteiger partial charge in [-0.3, -0.25) is 4.57 Å². The fraction of sp³-hybridized carbons (Fsp3) is 0.600. The smallest absolute Gasteiger partial charge is 0.273 e. The van der Waals surface area contributed by atoms with Crippen LogP contribution in [0.5, 0.6) is 0 Å². The molecule has 1 aromatic rings. The molecule has 4 nitrogen and oxygen atoms in total. The minimum absolute atomic E-state index is 0.157. The molecule has 1 rings (SSSR count). The van der Waals surface area contributed by atoms with E-state index in [1.54, 1.807) is 18.8 Å². The Hall–Kier alpha value is -0.710. The van der Waals surface area contributed by atoms with Crippen molar-refractivity contribution >= 4 is 11.8 Å². The topological polar surface area (TPSA) is 50.7 Å². The number of aromatic amines is 1. The fourth-order valence-corrected chi connectivity index (χ4v) is 1.24. The van der Waals surface area contributed by atoms with Crippen LogP contribution in [0, 0.1) is 0 Å². The molecule has 0 aliphatic heterocycles. The van der Waals surface area contributed by atoms with Crippen LogP contribution < -0.4 is 5.69 Å². The molecule has 0 unspecified atom stereocenters. The number of nitrogens with zero attached hydrogens (tertiary/aromatic N) is 2. The molecule has 0 aliphatic rings. The van der Waals surface area contributed by atoms with Crippen LogP contribution >= 0.6 is 11.8 Å². The maximum Gasteiger partial charge on any atom is 0.343 e. The van der Waals surface area contributed by atoms with Crippen LogP contribution in [0.2, 0.25) is 0 Å². The van der Waals surface area contributed by atoms with Gasteiger partial charge in [0, 0.05) is 7.05 Å². The summed E-state index contributed by atoms with van der Waals surface area (Å²) in [5.41, 5.74) is -0.157. The molecule has 0 spiro atoms. The van der Waals surface area contributed by atoms with Crippen LogP contribution in [0.1, 0.15) is 6.92 Å². The van der Waals surface area contributed by atoms with E-state index in [1.165, 1.54) is 4.57 Å². The summed E-state index contributed by atoms with van der Waals surface area (Å²) < 4.78 is 1.49. The molecular formula is C5H9N3OS. The lowest BCUT2D eigenvalue weighted by molar-refractivity contribution is 0.766. The molecule has 0 atom stereocenters. The van der Waals surface area contributed by atoms with Gasteiger partial charge in [0.25, 0.3) is 0 Å². The van der Waals surface area contributed by atoms with Gasteiger partial charge in [-0.15, -0.1) is 5.10 Å². The molecule has 0 saturated carbocycles. The quantitative estimate of drug-likeness (QED) is 0.628. The Bertz CT molecular complexity index is 264. The van der Waals surface area contributed by atoms with E-state index >= 15 is 0 Å². The lowest BCUT2D eigenvalue weighted by atomic mass is 11.0. The van der Waals surface area contributed by atoms with Gasteiger partial charge in [0.1, 0.15) is 0 Å². The number of hydrogen-bond acceptors (Lipinski definition) is 3. The number of hydrogen-bond donors (Lipinski definition) is 1. The molecule has 1 aromatic heterocycles. The fourth-order valence-electron chi connectivity index (χ4n) is 0.591. The summed E-state index contributed by atoms with van der Waals surface area (Å²) in [4.78, 5) is 10.7. The Morgan fingerprint density at radius 1 is 1.80 bits per heavy atom. The van der Waals surface area contributed by atoms with Crippen LogP contribution in [0.25, 0.3) is 0 Å². The average molecular weight is 159 g/mol. The normalized spacial score (nSPS) is 10.2. The van der Waals surface area contributed by atoms with E-state index in [4.69, 9.17) is 0 Å². The highest BCUT2D eigenvalue weighted by atomic mass is 32.2. The highest BCUT2D eigenvalue weighted by Crippen LogP contribution is 2.09. The van der Waals surface area contributed by atoms with Gasteiger partial charge < -0.3 is 0 Å². The number of H-pyrrole nitrogens is 1. The second kappa shape index (κ2) is 2.92. The molecule has 1 N–H and O–H groups in total. The SMILES string of the molecule is CCSc1n[nH]c(=O)n1C. The first kappa shape index (κ1) is 7.40. The van der Waals surface area contributed by atoms with Gasteiger partial charge in [0.05, 0.1) is 0 Å². The highest BCUT2D eigenvalue weighted by molar-refractivity contribution is 7.99. The molecule has 10 heavy (non-hydrogen) atoms. The molecule has 5 heteroatoms. The Balaban J connectivity index is 2.94. The second-order valence-electron chi connectivity index (χ2n) is 1.80. The zero-order valence-corrected chi connectivity index (χ0v) is 6.73. The van der Waals surface area contributed by atoms with E-state index in [9.17, 15) is 4.79 Å². The van der Waals surface area contributed by atoms with Crippen LogP contribution in [0.3, 0.4) is 0 Å². The average Bonchev–Trinajstić information content (AvgIpc) is 2.20. The van der Waals surface area contributed by atoms with Crippen LogP contribution in [-0.2, 0) is 7.05 Å². The zero-order valence-electron chi connectivity index (χ0n) is 5.92. The predicted octanol–water partition coefficient (Wildman–Crippen LogP) is 0.220. The van der Waals surface area contributed by atoms with Gasteiger partial charge in [0.2, 0.25) is 0 Å². The van der Waals surface area contributed by atoms with E-state index in [0.717, 1.165) is 10.9 Å². The van der Waals surface area contributed by atoms with Crippen LogP contribution in [-0.4, -0.2) is 20.5 Å². The summed E-state index contributed by atoms with van der Waals surface area (Å²) in [6.45, 7) is 2.02. The summed E-state index contributed by atoms with van der Waals surface area (Å²) in [6, 6.07) is 0. The van der Waals surface area contributed by atoms with Crippen LogP contribution in [0.15, 0.2) is 9.95 Å². The molecule has 0 bridgehead atoms. The summed E-state index contributed by atoms with van der Waals surface area (Å²) in [6.07, 6.45) is 0. The first-order valence-electron chi connectivity index (χ1n) is 3.00. The van der Waals surface area contributed by atoms with Crippen LogP contribution in [0.4, 0.5) is 0 Å². The van der Waals surface area contributed by atoms with Crippen molar-refractivity contribution in [3.8, 4) is 0 Å². The largest absolute Gasteiger partial charge is 0.343 e. The molecule has 0 saturated heterocycles. The van der Waals surface area contributed by atoms with Crippen molar-refractivity contribution in [2.75, 3.05) is 5.75 Å². The maximum atomic E-state index is 10.7. The van der Waals surface area contributed by atoms with Gasteiger partial charge >= 0.3 is 5.69 Å². The lowest BCUT2D eigenvalue weighted by Gasteiger charge is -1.92. The molecule has 0 amide bonds. The van der Waals surface area contributed by atoms with E-state index in [0.29, 0.717) is 0 Å². The lowest BCUT2D eigenvalue weighted by Crippen LogP contribution is -2.12. The number of thioether (sulfide) groups is 1. The van der Waals surface area contributed by atoms with Crippen molar-refractivity contribution in [2.45, 2.75) is 12.1 Å². The Kier molecular flexibility index (Phi) is 2.16. The summed E-state index contributed by atoms with van der Waals surface area (Å²) >= 11 is 1.54. The molecule has 0 fully saturated rings. The minimum Gasteiger partial charge on any atom is -0.273 e. The highest BCUT2D eigenvalue weighted by Gasteiger charge is 2.00.